The van der Waals surface area contributed by atoms with Gasteiger partial charge in [-0.1, -0.05) is 22.0 Å². The molecule has 2 aromatic rings. The Kier molecular flexibility index (Phi) is 4.70. The fourth-order valence-corrected chi connectivity index (χ4v) is 2.54. The second-order valence-corrected chi connectivity index (χ2v) is 5.87. The van der Waals surface area contributed by atoms with Crippen molar-refractivity contribution in [3.05, 3.63) is 56.1 Å². The van der Waals surface area contributed by atoms with Crippen LogP contribution in [0.4, 0.5) is 0 Å². The Morgan fingerprint density at radius 1 is 1.18 bits per heavy atom. The van der Waals surface area contributed by atoms with Crippen LogP contribution in [0.2, 0.25) is 0 Å². The zero-order valence-corrected chi connectivity index (χ0v) is 13.3. The highest BCUT2D eigenvalue weighted by molar-refractivity contribution is 14.1. The monoisotopic (exact) mass is 422 g/mol. The van der Waals surface area contributed by atoms with Crippen LogP contribution in [0.15, 0.2) is 46.9 Å². The van der Waals surface area contributed by atoms with Gasteiger partial charge >= 0.3 is 0 Å². The van der Waals surface area contributed by atoms with E-state index in [1.807, 2.05) is 42.5 Å². The highest BCUT2D eigenvalue weighted by Gasteiger charge is 2.05. The zero-order chi connectivity index (χ0) is 12.3. The summed E-state index contributed by atoms with van der Waals surface area (Å²) >= 11 is 11.6. The first-order valence-electron chi connectivity index (χ1n) is 4.97. The van der Waals surface area contributed by atoms with Crippen molar-refractivity contribution in [2.24, 2.45) is 0 Å². The maximum atomic E-state index is 5.90. The molecular formula is C13H9BrClIO. The first-order chi connectivity index (χ1) is 8.19. The van der Waals surface area contributed by atoms with Crippen LogP contribution < -0.4 is 4.74 Å². The predicted molar refractivity (Wildman–Crippen MR) is 82.9 cm³/mol. The summed E-state index contributed by atoms with van der Waals surface area (Å²) in [5.41, 5.74) is 0.972. The number of ether oxygens (including phenoxy) is 1. The lowest BCUT2D eigenvalue weighted by atomic mass is 10.2. The molecule has 0 saturated carbocycles. The van der Waals surface area contributed by atoms with Gasteiger partial charge in [0, 0.05) is 13.6 Å². The largest absolute Gasteiger partial charge is 0.457 e. The highest BCUT2D eigenvalue weighted by Crippen LogP contribution is 2.29. The summed E-state index contributed by atoms with van der Waals surface area (Å²) in [5.74, 6) is 2.05. The summed E-state index contributed by atoms with van der Waals surface area (Å²) < 4.78 is 7.97. The first kappa shape index (κ1) is 13.2. The third-order valence-electron chi connectivity index (χ3n) is 2.19. The van der Waals surface area contributed by atoms with Gasteiger partial charge in [0.15, 0.2) is 0 Å². The molecule has 0 heterocycles. The summed E-state index contributed by atoms with van der Waals surface area (Å²) in [6, 6.07) is 13.7. The SMILES string of the molecule is ClCc1cc(Br)ccc1Oc1cccc(I)c1. The van der Waals surface area contributed by atoms with E-state index >= 15 is 0 Å². The minimum atomic E-state index is 0.429. The number of alkyl halides is 1. The molecule has 0 fully saturated rings. The van der Waals surface area contributed by atoms with Crippen LogP contribution in [0, 0.1) is 3.57 Å². The average molecular weight is 423 g/mol. The molecule has 0 spiro atoms. The van der Waals surface area contributed by atoms with E-state index in [1.165, 1.54) is 0 Å². The highest BCUT2D eigenvalue weighted by atomic mass is 127. The standard InChI is InChI=1S/C13H9BrClIO/c14-10-4-5-13(9(6-10)8-15)17-12-3-1-2-11(16)7-12/h1-7H,8H2. The van der Waals surface area contributed by atoms with E-state index in [9.17, 15) is 0 Å². The van der Waals surface area contributed by atoms with E-state index in [0.29, 0.717) is 5.88 Å². The Hall–Kier alpha value is -0.260. The van der Waals surface area contributed by atoms with E-state index < -0.39 is 0 Å². The van der Waals surface area contributed by atoms with Gasteiger partial charge in [0.25, 0.3) is 0 Å². The maximum Gasteiger partial charge on any atom is 0.131 e. The molecule has 1 nitrogen and oxygen atoms in total. The average Bonchev–Trinajstić information content (AvgIpc) is 2.31. The third-order valence-corrected chi connectivity index (χ3v) is 3.64. The van der Waals surface area contributed by atoms with Crippen LogP contribution in [0.3, 0.4) is 0 Å². The van der Waals surface area contributed by atoms with Gasteiger partial charge < -0.3 is 4.74 Å². The van der Waals surface area contributed by atoms with Crippen molar-refractivity contribution in [3.63, 3.8) is 0 Å². The van der Waals surface area contributed by atoms with Crippen molar-refractivity contribution in [3.8, 4) is 11.5 Å². The molecule has 0 aromatic heterocycles. The minimum Gasteiger partial charge on any atom is -0.457 e. The number of benzene rings is 2. The number of halogens is 3. The Bertz CT molecular complexity index is 531. The van der Waals surface area contributed by atoms with Gasteiger partial charge in [-0.05, 0) is 59.0 Å². The molecule has 0 amide bonds. The first-order valence-corrected chi connectivity index (χ1v) is 7.37. The quantitative estimate of drug-likeness (QED) is 0.462. The van der Waals surface area contributed by atoms with E-state index in [0.717, 1.165) is 25.1 Å². The molecule has 0 N–H and O–H groups in total. The van der Waals surface area contributed by atoms with E-state index in [2.05, 4.69) is 38.5 Å². The van der Waals surface area contributed by atoms with Gasteiger partial charge in [-0.2, -0.15) is 0 Å². The van der Waals surface area contributed by atoms with Gasteiger partial charge in [0.1, 0.15) is 11.5 Å². The Morgan fingerprint density at radius 2 is 2.00 bits per heavy atom. The molecule has 0 aliphatic carbocycles. The molecule has 0 atom stereocenters. The molecule has 0 radical (unpaired) electrons. The lowest BCUT2D eigenvalue weighted by Gasteiger charge is -2.10. The van der Waals surface area contributed by atoms with Crippen LogP contribution >= 0.6 is 50.1 Å². The lowest BCUT2D eigenvalue weighted by Crippen LogP contribution is -1.90. The molecule has 2 rings (SSSR count). The van der Waals surface area contributed by atoms with Gasteiger partial charge in [-0.25, -0.2) is 0 Å². The van der Waals surface area contributed by atoms with Crippen molar-refractivity contribution in [2.45, 2.75) is 5.88 Å². The third kappa shape index (κ3) is 3.60. The second kappa shape index (κ2) is 6.07. The number of hydrogen-bond acceptors (Lipinski definition) is 1. The van der Waals surface area contributed by atoms with Crippen LogP contribution in [0.25, 0.3) is 0 Å². The Morgan fingerprint density at radius 3 is 2.71 bits per heavy atom. The van der Waals surface area contributed by atoms with Gasteiger partial charge in [-0.15, -0.1) is 11.6 Å². The van der Waals surface area contributed by atoms with E-state index in [1.54, 1.807) is 0 Å². The van der Waals surface area contributed by atoms with Crippen molar-refractivity contribution in [2.75, 3.05) is 0 Å². The smallest absolute Gasteiger partial charge is 0.131 e. The van der Waals surface area contributed by atoms with Gasteiger partial charge in [0.05, 0.1) is 5.88 Å². The summed E-state index contributed by atoms with van der Waals surface area (Å²) in [4.78, 5) is 0. The molecule has 4 heteroatoms. The van der Waals surface area contributed by atoms with Gasteiger partial charge in [-0.3, -0.25) is 0 Å². The number of rotatable bonds is 3. The Labute approximate surface area is 127 Å². The zero-order valence-electron chi connectivity index (χ0n) is 8.79. The predicted octanol–water partition coefficient (Wildman–Crippen LogP) is 5.58. The van der Waals surface area contributed by atoms with Crippen LogP contribution in [0.1, 0.15) is 5.56 Å². The van der Waals surface area contributed by atoms with Crippen molar-refractivity contribution < 1.29 is 4.74 Å². The van der Waals surface area contributed by atoms with E-state index in [-0.39, 0.29) is 0 Å². The molecule has 17 heavy (non-hydrogen) atoms. The molecule has 88 valence electrons. The molecule has 0 bridgehead atoms. The molecular weight excluding hydrogens is 414 g/mol. The number of hydrogen-bond donors (Lipinski definition) is 0. The van der Waals surface area contributed by atoms with Crippen molar-refractivity contribution >= 4 is 50.1 Å². The molecule has 0 aliphatic rings. The fourth-order valence-electron chi connectivity index (χ4n) is 1.41. The maximum absolute atomic E-state index is 5.90. The lowest BCUT2D eigenvalue weighted by molar-refractivity contribution is 0.478. The van der Waals surface area contributed by atoms with Crippen molar-refractivity contribution in [1.29, 1.82) is 0 Å². The Balaban J connectivity index is 2.29. The van der Waals surface area contributed by atoms with Crippen LogP contribution in [0.5, 0.6) is 11.5 Å². The molecule has 0 saturated heterocycles. The van der Waals surface area contributed by atoms with E-state index in [4.69, 9.17) is 16.3 Å². The minimum absolute atomic E-state index is 0.429. The fraction of sp³-hybridized carbons (Fsp3) is 0.0769. The second-order valence-electron chi connectivity index (χ2n) is 3.45. The summed E-state index contributed by atoms with van der Waals surface area (Å²) in [6.45, 7) is 0. The summed E-state index contributed by atoms with van der Waals surface area (Å²) in [5, 5.41) is 0. The van der Waals surface area contributed by atoms with Crippen molar-refractivity contribution in [1.82, 2.24) is 0 Å². The summed E-state index contributed by atoms with van der Waals surface area (Å²) in [6.07, 6.45) is 0. The summed E-state index contributed by atoms with van der Waals surface area (Å²) in [7, 11) is 0. The molecule has 0 unspecified atom stereocenters. The normalized spacial score (nSPS) is 10.3. The van der Waals surface area contributed by atoms with Crippen LogP contribution in [-0.2, 0) is 5.88 Å². The van der Waals surface area contributed by atoms with Crippen LogP contribution in [-0.4, -0.2) is 0 Å². The topological polar surface area (TPSA) is 9.23 Å². The molecule has 0 aliphatic heterocycles. The molecule has 2 aromatic carbocycles. The van der Waals surface area contributed by atoms with Gasteiger partial charge in [0.2, 0.25) is 0 Å².